The third-order valence-corrected chi connectivity index (χ3v) is 6.64. The van der Waals surface area contributed by atoms with E-state index in [0.29, 0.717) is 0 Å². The van der Waals surface area contributed by atoms with Crippen LogP contribution in [0.2, 0.25) is 19.6 Å². The van der Waals surface area contributed by atoms with Crippen molar-refractivity contribution in [2.75, 3.05) is 0 Å². The van der Waals surface area contributed by atoms with Gasteiger partial charge in [-0.05, 0) is 56.1 Å². The highest BCUT2D eigenvalue weighted by Crippen LogP contribution is 2.36. The van der Waals surface area contributed by atoms with Gasteiger partial charge in [0.15, 0.2) is 0 Å². The monoisotopic (exact) mass is 290 g/mol. The molecule has 0 atom stereocenters. The Kier molecular flexibility index (Phi) is 7.58. The normalized spacial score (nSPS) is 21.1. The fourth-order valence-electron chi connectivity index (χ4n) is 3.20. The van der Waals surface area contributed by atoms with Crippen molar-refractivity contribution in [2.24, 2.45) is 0 Å². The minimum absolute atomic E-state index is 1.11. The molecular weight excluding hydrogens is 256 g/mol. The topological polar surface area (TPSA) is 0 Å². The molecule has 0 N–H and O–H groups in total. The van der Waals surface area contributed by atoms with Crippen LogP contribution in [0.3, 0.4) is 0 Å². The molecule has 0 heterocycles. The summed E-state index contributed by atoms with van der Waals surface area (Å²) >= 11 is 0. The van der Waals surface area contributed by atoms with Crippen molar-refractivity contribution in [1.82, 2.24) is 0 Å². The molecule has 1 heteroatoms. The summed E-state index contributed by atoms with van der Waals surface area (Å²) in [6.45, 7) is 13.7. The summed E-state index contributed by atoms with van der Waals surface area (Å²) < 4.78 is 0. The van der Waals surface area contributed by atoms with Gasteiger partial charge in [-0.15, -0.1) is 6.58 Å². The third kappa shape index (κ3) is 5.44. The second kappa shape index (κ2) is 8.66. The Morgan fingerprint density at radius 2 is 1.85 bits per heavy atom. The molecule has 1 aliphatic carbocycles. The van der Waals surface area contributed by atoms with E-state index in [0.717, 1.165) is 6.42 Å². The van der Waals surface area contributed by atoms with Gasteiger partial charge in [0.05, 0.1) is 8.07 Å². The van der Waals surface area contributed by atoms with Crippen molar-refractivity contribution >= 4 is 8.07 Å². The molecule has 0 bridgehead atoms. The molecule has 0 aliphatic heterocycles. The number of unbranched alkanes of at least 4 members (excludes halogenated alkanes) is 3. The van der Waals surface area contributed by atoms with Crippen LogP contribution >= 0.6 is 0 Å². The lowest BCUT2D eigenvalue weighted by Crippen LogP contribution is -2.26. The molecule has 0 saturated heterocycles. The maximum Gasteiger partial charge on any atom is 0.0732 e. The average Bonchev–Trinajstić information content (AvgIpc) is 2.40. The van der Waals surface area contributed by atoms with Crippen LogP contribution in [0.15, 0.2) is 35.1 Å². The van der Waals surface area contributed by atoms with Crippen molar-refractivity contribution < 1.29 is 0 Å². The van der Waals surface area contributed by atoms with Crippen LogP contribution in [0.25, 0.3) is 0 Å². The number of rotatable bonds is 7. The molecule has 0 amide bonds. The molecule has 0 unspecified atom stereocenters. The van der Waals surface area contributed by atoms with Gasteiger partial charge in [-0.25, -0.2) is 0 Å². The molecular formula is C19H34Si. The van der Waals surface area contributed by atoms with E-state index >= 15 is 0 Å². The van der Waals surface area contributed by atoms with Gasteiger partial charge < -0.3 is 0 Å². The summed E-state index contributed by atoms with van der Waals surface area (Å²) in [5.41, 5.74) is 3.42. The van der Waals surface area contributed by atoms with Crippen molar-refractivity contribution in [3.8, 4) is 0 Å². The fraction of sp³-hybridized carbons (Fsp3) is 0.684. The van der Waals surface area contributed by atoms with Crippen LogP contribution in [0.4, 0.5) is 0 Å². The van der Waals surface area contributed by atoms with Gasteiger partial charge in [0.25, 0.3) is 0 Å². The Morgan fingerprint density at radius 1 is 1.15 bits per heavy atom. The van der Waals surface area contributed by atoms with Gasteiger partial charge in [-0.2, -0.15) is 0 Å². The summed E-state index contributed by atoms with van der Waals surface area (Å²) in [4.78, 5) is 0. The lowest BCUT2D eigenvalue weighted by atomic mass is 9.87. The first kappa shape index (κ1) is 17.5. The molecule has 0 aromatic rings. The molecule has 0 nitrogen and oxygen atoms in total. The van der Waals surface area contributed by atoms with Gasteiger partial charge in [-0.1, -0.05) is 56.8 Å². The molecule has 1 aliphatic rings. The Hall–Kier alpha value is -0.563. The van der Waals surface area contributed by atoms with E-state index in [4.69, 9.17) is 0 Å². The van der Waals surface area contributed by atoms with E-state index in [-0.39, 0.29) is 0 Å². The molecule has 0 spiro atoms. The molecule has 1 saturated carbocycles. The zero-order valence-corrected chi connectivity index (χ0v) is 15.2. The average molecular weight is 291 g/mol. The summed E-state index contributed by atoms with van der Waals surface area (Å²) in [6, 6.07) is 0. The Labute approximate surface area is 128 Å². The van der Waals surface area contributed by atoms with E-state index in [1.54, 1.807) is 16.3 Å². The molecule has 20 heavy (non-hydrogen) atoms. The van der Waals surface area contributed by atoms with Crippen molar-refractivity contribution in [3.63, 3.8) is 0 Å². The fourth-order valence-corrected chi connectivity index (χ4v) is 5.14. The number of hydrogen-bond acceptors (Lipinski definition) is 0. The maximum atomic E-state index is 3.99. The van der Waals surface area contributed by atoms with Crippen LogP contribution in [0.1, 0.15) is 64.7 Å². The maximum absolute atomic E-state index is 3.99. The van der Waals surface area contributed by atoms with E-state index < -0.39 is 8.07 Å². The highest BCUT2D eigenvalue weighted by atomic mass is 28.3. The molecule has 1 fully saturated rings. The first-order valence-corrected chi connectivity index (χ1v) is 12.0. The van der Waals surface area contributed by atoms with Gasteiger partial charge in [-0.3, -0.25) is 0 Å². The van der Waals surface area contributed by atoms with E-state index in [1.807, 2.05) is 0 Å². The largest absolute Gasteiger partial charge is 0.103 e. The van der Waals surface area contributed by atoms with Crippen molar-refractivity contribution in [1.29, 1.82) is 0 Å². The Balaban J connectivity index is 2.97. The second-order valence-corrected chi connectivity index (χ2v) is 12.2. The molecule has 0 radical (unpaired) electrons. The predicted octanol–water partition coefficient (Wildman–Crippen LogP) is 6.82. The van der Waals surface area contributed by atoms with Crippen LogP contribution < -0.4 is 0 Å². The highest BCUT2D eigenvalue weighted by molar-refractivity contribution is 6.83. The van der Waals surface area contributed by atoms with E-state index in [2.05, 4.69) is 45.3 Å². The summed E-state index contributed by atoms with van der Waals surface area (Å²) in [5.74, 6) is 0. The predicted molar refractivity (Wildman–Crippen MR) is 95.9 cm³/mol. The smallest absolute Gasteiger partial charge is 0.0732 e. The lowest BCUT2D eigenvalue weighted by molar-refractivity contribution is 0.665. The highest BCUT2D eigenvalue weighted by Gasteiger charge is 2.24. The van der Waals surface area contributed by atoms with Crippen LogP contribution in [-0.4, -0.2) is 8.07 Å². The zero-order valence-electron chi connectivity index (χ0n) is 14.2. The standard InChI is InChI=1S/C19H34Si/c1-6-8-9-10-14-17-15-11-12-16-18(17)19(13-7-2)20(3,4)5/h7,14H,2,6,8-13,15-16H2,1,3-5H3/b17-14+,19-18+. The minimum atomic E-state index is -1.22. The first-order valence-electron chi connectivity index (χ1n) is 8.53. The Morgan fingerprint density at radius 3 is 2.45 bits per heavy atom. The quantitative estimate of drug-likeness (QED) is 0.274. The zero-order chi connectivity index (χ0) is 15.0. The SMILES string of the molecule is C=CC/C(=C1/CCCC/C1=C\CCCCC)[Si](C)(C)C. The van der Waals surface area contributed by atoms with Crippen molar-refractivity contribution in [3.05, 3.63) is 35.1 Å². The summed E-state index contributed by atoms with van der Waals surface area (Å²) in [5, 5.41) is 1.76. The van der Waals surface area contributed by atoms with Gasteiger partial charge in [0, 0.05) is 0 Å². The van der Waals surface area contributed by atoms with Crippen LogP contribution in [-0.2, 0) is 0 Å². The van der Waals surface area contributed by atoms with Crippen LogP contribution in [0, 0.1) is 0 Å². The molecule has 1 rings (SSSR count). The van der Waals surface area contributed by atoms with E-state index in [1.165, 1.54) is 51.4 Å². The molecule has 114 valence electrons. The van der Waals surface area contributed by atoms with E-state index in [9.17, 15) is 0 Å². The molecule has 0 aromatic carbocycles. The summed E-state index contributed by atoms with van der Waals surface area (Å²) in [7, 11) is -1.22. The van der Waals surface area contributed by atoms with Crippen molar-refractivity contribution in [2.45, 2.75) is 84.4 Å². The Bertz CT molecular complexity index is 366. The van der Waals surface area contributed by atoms with Crippen LogP contribution in [0.5, 0.6) is 0 Å². The number of allylic oxidation sites excluding steroid dienone is 5. The number of hydrogen-bond donors (Lipinski definition) is 0. The van der Waals surface area contributed by atoms with Gasteiger partial charge in [0.1, 0.15) is 0 Å². The minimum Gasteiger partial charge on any atom is -0.103 e. The summed E-state index contributed by atoms with van der Waals surface area (Å²) in [6.07, 6.45) is 16.5. The molecule has 0 aromatic heterocycles. The van der Waals surface area contributed by atoms with Gasteiger partial charge in [0.2, 0.25) is 0 Å². The second-order valence-electron chi connectivity index (χ2n) is 7.13. The first-order chi connectivity index (χ1) is 9.50. The lowest BCUT2D eigenvalue weighted by Gasteiger charge is -2.29. The van der Waals surface area contributed by atoms with Gasteiger partial charge >= 0.3 is 0 Å². The third-order valence-electron chi connectivity index (χ3n) is 4.33.